The third kappa shape index (κ3) is 16.8. The Bertz CT molecular complexity index is 1600. The number of carbonyl (C=O) groups is 3. The highest BCUT2D eigenvalue weighted by Crippen LogP contribution is 2.25. The van der Waals surface area contributed by atoms with Crippen molar-refractivity contribution in [2.45, 2.75) is 83.1 Å². The molecule has 15 heteroatoms. The van der Waals surface area contributed by atoms with Gasteiger partial charge in [-0.05, 0) is 86.8 Å². The van der Waals surface area contributed by atoms with Gasteiger partial charge in [0.2, 0.25) is 0 Å². The quantitative estimate of drug-likeness (QED) is 0.0801. The van der Waals surface area contributed by atoms with E-state index in [4.69, 9.17) is 42.0 Å². The first-order valence-electron chi connectivity index (χ1n) is 19.8. The first kappa shape index (κ1) is 47.4. The largest absolute Gasteiger partial charge is 1.00 e. The number of amides is 1. The number of nitrogen functional groups attached to an aromatic ring is 2. The molecule has 57 heavy (non-hydrogen) atoms. The number of anilines is 2. The maximum atomic E-state index is 13.3. The molecular weight excluding hydrogens is 771 g/mol. The summed E-state index contributed by atoms with van der Waals surface area (Å²) in [7, 11) is 3.32. The highest BCUT2D eigenvalue weighted by Gasteiger charge is 2.35. The van der Waals surface area contributed by atoms with Gasteiger partial charge in [-0.2, -0.15) is 0 Å². The predicted octanol–water partition coefficient (Wildman–Crippen LogP) is 2.80. The van der Waals surface area contributed by atoms with E-state index < -0.39 is 5.91 Å². The molecule has 0 unspecified atom stereocenters. The van der Waals surface area contributed by atoms with Crippen molar-refractivity contribution >= 4 is 40.7 Å². The number of carbonyl (C=O) groups excluding carboxylic acids is 3. The second kappa shape index (κ2) is 25.4. The summed E-state index contributed by atoms with van der Waals surface area (Å²) in [6, 6.07) is 15.9. The second-order valence-corrected chi connectivity index (χ2v) is 15.0. The smallest absolute Gasteiger partial charge is 0.274 e. The number of unbranched alkanes of at least 4 members (excludes halogenated alkanes) is 2. The number of Topliss-reactive ketones (excluding diaryl/α,β-unsaturated/α-hetero) is 2. The highest BCUT2D eigenvalue weighted by molar-refractivity contribution is 6.31. The van der Waals surface area contributed by atoms with E-state index in [0.29, 0.717) is 37.6 Å². The molecule has 1 aliphatic rings. The van der Waals surface area contributed by atoms with Crippen molar-refractivity contribution in [1.29, 1.82) is 0 Å². The van der Waals surface area contributed by atoms with Gasteiger partial charge in [-0.1, -0.05) is 35.9 Å². The second-order valence-electron chi connectivity index (χ2n) is 14.7. The molecule has 2 aromatic carbocycles. The monoisotopic (exact) mass is 830 g/mol. The van der Waals surface area contributed by atoms with Crippen LogP contribution in [0.1, 0.15) is 85.8 Å². The molecule has 1 fully saturated rings. The molecule has 0 aliphatic carbocycles. The highest BCUT2D eigenvalue weighted by atomic mass is 35.5. The van der Waals surface area contributed by atoms with E-state index in [1.807, 2.05) is 24.3 Å². The number of benzene rings is 2. The van der Waals surface area contributed by atoms with Crippen molar-refractivity contribution in [3.05, 3.63) is 70.5 Å². The van der Waals surface area contributed by atoms with Crippen LogP contribution in [-0.2, 0) is 31.9 Å². The lowest BCUT2D eigenvalue weighted by Crippen LogP contribution is -3.00. The molecule has 1 aromatic heterocycles. The van der Waals surface area contributed by atoms with Crippen LogP contribution in [0.4, 0.5) is 11.6 Å². The Labute approximate surface area is 348 Å². The summed E-state index contributed by atoms with van der Waals surface area (Å²) in [4.78, 5) is 45.8. The fourth-order valence-corrected chi connectivity index (χ4v) is 7.30. The number of piperidine rings is 1. The minimum Gasteiger partial charge on any atom is -1.00 e. The fourth-order valence-electron chi connectivity index (χ4n) is 7.17. The van der Waals surface area contributed by atoms with Gasteiger partial charge in [-0.25, -0.2) is 9.97 Å². The average Bonchev–Trinajstić information content (AvgIpc) is 3.19. The normalized spacial score (nSPS) is 14.7. The number of ether oxygens (including phenoxy) is 4. The number of likely N-dealkylation sites (tertiary alicyclic amines) is 1. The van der Waals surface area contributed by atoms with Crippen LogP contribution >= 0.6 is 11.6 Å². The number of aryl methyl sites for hydroxylation is 2. The van der Waals surface area contributed by atoms with Gasteiger partial charge in [-0.15, -0.1) is 0 Å². The van der Waals surface area contributed by atoms with Crippen molar-refractivity contribution in [2.24, 2.45) is 0 Å². The number of aromatic nitrogens is 2. The van der Waals surface area contributed by atoms with Gasteiger partial charge in [0.25, 0.3) is 5.91 Å². The van der Waals surface area contributed by atoms with Crippen LogP contribution in [0.25, 0.3) is 0 Å². The van der Waals surface area contributed by atoms with Crippen LogP contribution < -0.4 is 38.7 Å². The van der Waals surface area contributed by atoms with E-state index in [1.54, 1.807) is 14.2 Å². The molecule has 0 bridgehead atoms. The van der Waals surface area contributed by atoms with Crippen LogP contribution in [0.15, 0.2) is 48.5 Å². The molecule has 314 valence electrons. The molecule has 1 amide bonds. The predicted molar refractivity (Wildman–Crippen MR) is 218 cm³/mol. The van der Waals surface area contributed by atoms with Crippen LogP contribution in [0.3, 0.4) is 0 Å². The summed E-state index contributed by atoms with van der Waals surface area (Å²) in [5, 5.41) is 3.10. The number of nitrogens with zero attached hydrogens (tertiary/aromatic N) is 3. The Morgan fingerprint density at radius 1 is 0.754 bits per heavy atom. The van der Waals surface area contributed by atoms with Crippen molar-refractivity contribution in [2.75, 3.05) is 78.3 Å². The standard InChI is InChI=1S/C42H59ClN6O7.ClH/c1-53-26-5-3-13-34(50)29-55-36-19-15-31(16-20-36)10-7-23-49(25-9-12-33(28-49)46-42(52)38-40(44)48-41(45)39(43)47-38)24-8-11-32-17-21-37(22-18-32)56-30-35(51)14-4-6-27-54-2;/h15-22,33H,3-14,23-30H2,1-2H3,(H4-,44,45,46,48,52);1H/t33-;/m0./s1. The Morgan fingerprint density at radius 3 is 1.75 bits per heavy atom. The topological polar surface area (TPSA) is 178 Å². The first-order valence-corrected chi connectivity index (χ1v) is 20.2. The number of hydrogen-bond acceptors (Lipinski definition) is 11. The molecule has 3 aromatic rings. The van der Waals surface area contributed by atoms with Crippen LogP contribution in [0.2, 0.25) is 5.15 Å². The lowest BCUT2D eigenvalue weighted by atomic mass is 9.99. The third-order valence-corrected chi connectivity index (χ3v) is 10.5. The van der Waals surface area contributed by atoms with E-state index in [-0.39, 0.29) is 65.7 Å². The molecule has 1 saturated heterocycles. The van der Waals surface area contributed by atoms with E-state index >= 15 is 0 Å². The number of methoxy groups -OCH3 is 2. The molecule has 1 atom stereocenters. The minimum atomic E-state index is -0.410. The summed E-state index contributed by atoms with van der Waals surface area (Å²) in [5.41, 5.74) is 14.1. The number of quaternary nitrogens is 1. The Balaban J connectivity index is 0.00000870. The average molecular weight is 832 g/mol. The number of ketones is 2. The molecule has 0 radical (unpaired) electrons. The number of nitrogens with two attached hydrogens (primary N) is 2. The van der Waals surface area contributed by atoms with E-state index in [9.17, 15) is 14.4 Å². The third-order valence-electron chi connectivity index (χ3n) is 10.2. The molecular formula is C42H60Cl2N6O7. The lowest BCUT2D eigenvalue weighted by Gasteiger charge is -2.45. The number of rotatable bonds is 26. The zero-order chi connectivity index (χ0) is 40.2. The van der Waals surface area contributed by atoms with E-state index in [1.165, 1.54) is 11.1 Å². The van der Waals surface area contributed by atoms with Gasteiger partial charge in [0.15, 0.2) is 34.0 Å². The molecule has 4 rings (SSSR count). The molecule has 13 nitrogen and oxygen atoms in total. The maximum Gasteiger partial charge on any atom is 0.274 e. The van der Waals surface area contributed by atoms with E-state index in [2.05, 4.69) is 39.6 Å². The van der Waals surface area contributed by atoms with Gasteiger partial charge in [0.1, 0.15) is 24.7 Å². The molecule has 2 heterocycles. The molecule has 1 aliphatic heterocycles. The van der Waals surface area contributed by atoms with Gasteiger partial charge in [0.05, 0.1) is 32.2 Å². The Morgan fingerprint density at radius 2 is 1.26 bits per heavy atom. The zero-order valence-corrected chi connectivity index (χ0v) is 35.0. The maximum absolute atomic E-state index is 13.3. The Kier molecular flexibility index (Phi) is 21.1. The summed E-state index contributed by atoms with van der Waals surface area (Å²) in [6.45, 7) is 5.15. The molecule has 5 N–H and O–H groups in total. The lowest BCUT2D eigenvalue weighted by molar-refractivity contribution is -0.933. The summed E-state index contributed by atoms with van der Waals surface area (Å²) >= 11 is 6.07. The van der Waals surface area contributed by atoms with Crippen LogP contribution in [-0.4, -0.2) is 105 Å². The van der Waals surface area contributed by atoms with Crippen molar-refractivity contribution < 1.29 is 50.2 Å². The van der Waals surface area contributed by atoms with Crippen molar-refractivity contribution in [1.82, 2.24) is 15.3 Å². The number of hydrogen-bond donors (Lipinski definition) is 3. The summed E-state index contributed by atoms with van der Waals surface area (Å²) in [5.74, 6) is 1.07. The summed E-state index contributed by atoms with van der Waals surface area (Å²) in [6.07, 6.45) is 9.81. The van der Waals surface area contributed by atoms with Gasteiger partial charge in [0, 0.05) is 53.1 Å². The fraction of sp³-hybridized carbons (Fsp3) is 0.548. The molecule has 0 saturated carbocycles. The molecule has 0 spiro atoms. The number of nitrogens with one attached hydrogen (secondary N) is 1. The van der Waals surface area contributed by atoms with Gasteiger partial charge >= 0.3 is 0 Å². The zero-order valence-electron chi connectivity index (χ0n) is 33.4. The van der Waals surface area contributed by atoms with Crippen LogP contribution in [0, 0.1) is 0 Å². The first-order chi connectivity index (χ1) is 27.1. The SMILES string of the molecule is COCCCCC(=O)COc1ccc(CCC[N+]2(CCCc3ccc(OCC(=O)CCCCOC)cc3)CCC[C@H](NC(=O)c3nc(Cl)c(N)nc3N)C2)cc1.[Cl-]. The van der Waals surface area contributed by atoms with E-state index in [0.717, 1.165) is 94.9 Å². The van der Waals surface area contributed by atoms with Crippen molar-refractivity contribution in [3.63, 3.8) is 0 Å². The van der Waals surface area contributed by atoms with Crippen molar-refractivity contribution in [3.8, 4) is 11.5 Å². The van der Waals surface area contributed by atoms with Gasteiger partial charge in [-0.3, -0.25) is 14.4 Å². The number of halogens is 2. The Hall–Kier alpha value is -4.01. The van der Waals surface area contributed by atoms with Crippen LogP contribution in [0.5, 0.6) is 11.5 Å². The van der Waals surface area contributed by atoms with Gasteiger partial charge < -0.3 is 52.6 Å². The summed E-state index contributed by atoms with van der Waals surface area (Å²) < 4.78 is 22.5. The minimum absolute atomic E-state index is 0.